The molecule has 2 rings (SSSR count). The van der Waals surface area contributed by atoms with E-state index in [2.05, 4.69) is 0 Å². The zero-order valence-corrected chi connectivity index (χ0v) is 9.13. The van der Waals surface area contributed by atoms with Gasteiger partial charge in [0.2, 0.25) is 5.91 Å². The minimum atomic E-state index is -0.522. The first-order chi connectivity index (χ1) is 7.77. The molecule has 4 nitrogen and oxygen atoms in total. The average Bonchev–Trinajstić information content (AvgIpc) is 2.46. The first-order valence-electron chi connectivity index (χ1n) is 5.43. The summed E-state index contributed by atoms with van der Waals surface area (Å²) in [5.41, 5.74) is 6.82. The van der Waals surface area contributed by atoms with Gasteiger partial charge in [0.25, 0.3) is 0 Å². The van der Waals surface area contributed by atoms with Crippen molar-refractivity contribution in [2.24, 2.45) is 5.73 Å². The van der Waals surface area contributed by atoms with Gasteiger partial charge >= 0.3 is 0 Å². The number of benzene rings is 1. The molecule has 0 bridgehead atoms. The number of carbonyl (C=O) groups is 1. The summed E-state index contributed by atoms with van der Waals surface area (Å²) in [6, 6.07) is 9.38. The molecular formula is C12H16N2O2. The molecule has 0 radical (unpaired) electrons. The van der Waals surface area contributed by atoms with Crippen molar-refractivity contribution in [2.75, 3.05) is 19.8 Å². The topological polar surface area (TPSA) is 55.6 Å². The van der Waals surface area contributed by atoms with Crippen molar-refractivity contribution in [3.63, 3.8) is 0 Å². The first kappa shape index (κ1) is 11.1. The molecule has 1 amide bonds. The smallest absolute Gasteiger partial charge is 0.242 e. The third-order valence-electron chi connectivity index (χ3n) is 2.65. The molecule has 0 spiro atoms. The Kier molecular flexibility index (Phi) is 3.54. The highest BCUT2D eigenvalue weighted by Crippen LogP contribution is 2.08. The van der Waals surface area contributed by atoms with Crippen molar-refractivity contribution < 1.29 is 9.53 Å². The number of hydrogen-bond acceptors (Lipinski definition) is 3. The lowest BCUT2D eigenvalue weighted by Gasteiger charge is -2.21. The van der Waals surface area contributed by atoms with Gasteiger partial charge < -0.3 is 15.4 Å². The minimum Gasteiger partial charge on any atom is -0.377 e. The Hall–Kier alpha value is -1.39. The summed E-state index contributed by atoms with van der Waals surface area (Å²) in [4.78, 5) is 13.6. The van der Waals surface area contributed by atoms with Gasteiger partial charge in [-0.15, -0.1) is 0 Å². The summed E-state index contributed by atoms with van der Waals surface area (Å²) in [6.45, 7) is 2.11. The van der Waals surface area contributed by atoms with Crippen LogP contribution in [0.3, 0.4) is 0 Å². The summed E-state index contributed by atoms with van der Waals surface area (Å²) in [5, 5.41) is 0. The molecule has 16 heavy (non-hydrogen) atoms. The van der Waals surface area contributed by atoms with E-state index in [0.29, 0.717) is 26.3 Å². The van der Waals surface area contributed by atoms with Crippen LogP contribution >= 0.6 is 0 Å². The van der Waals surface area contributed by atoms with Gasteiger partial charge in [-0.25, -0.2) is 0 Å². The molecule has 0 aromatic heterocycles. The number of nitrogens with zero attached hydrogens (tertiary/aromatic N) is 1. The molecule has 1 heterocycles. The van der Waals surface area contributed by atoms with Gasteiger partial charge in [0.1, 0.15) is 6.04 Å². The molecule has 1 fully saturated rings. The number of ether oxygens (including phenoxy) is 1. The fraction of sp³-hybridized carbons (Fsp3) is 0.417. The van der Waals surface area contributed by atoms with Gasteiger partial charge in [-0.2, -0.15) is 0 Å². The molecule has 1 unspecified atom stereocenters. The van der Waals surface area contributed by atoms with Crippen LogP contribution < -0.4 is 5.73 Å². The second-order valence-electron chi connectivity index (χ2n) is 3.93. The maximum absolute atomic E-state index is 11.9. The van der Waals surface area contributed by atoms with E-state index in [9.17, 15) is 4.79 Å². The van der Waals surface area contributed by atoms with Gasteiger partial charge in [0.15, 0.2) is 0 Å². The van der Waals surface area contributed by atoms with Crippen LogP contribution in [0.2, 0.25) is 0 Å². The SMILES string of the molecule is NC1COCCN(Cc2ccccc2)C1=O. The van der Waals surface area contributed by atoms with Crippen LogP contribution in [0.25, 0.3) is 0 Å². The Bertz CT molecular complexity index is 353. The summed E-state index contributed by atoms with van der Waals surface area (Å²) >= 11 is 0. The van der Waals surface area contributed by atoms with Crippen LogP contribution in [-0.4, -0.2) is 36.6 Å². The van der Waals surface area contributed by atoms with Crippen molar-refractivity contribution in [3.8, 4) is 0 Å². The minimum absolute atomic E-state index is 0.0265. The molecule has 4 heteroatoms. The van der Waals surface area contributed by atoms with Crippen molar-refractivity contribution in [3.05, 3.63) is 35.9 Å². The van der Waals surface area contributed by atoms with Crippen molar-refractivity contribution in [1.82, 2.24) is 4.90 Å². The molecular weight excluding hydrogens is 204 g/mol. The van der Waals surface area contributed by atoms with Crippen molar-refractivity contribution >= 4 is 5.91 Å². The molecule has 0 aliphatic carbocycles. The summed E-state index contributed by atoms with van der Waals surface area (Å²) < 4.78 is 5.26. The zero-order valence-electron chi connectivity index (χ0n) is 9.13. The summed E-state index contributed by atoms with van der Waals surface area (Å²) in [5.74, 6) is -0.0265. The van der Waals surface area contributed by atoms with Gasteiger partial charge in [-0.3, -0.25) is 4.79 Å². The number of rotatable bonds is 2. The maximum Gasteiger partial charge on any atom is 0.242 e. The van der Waals surface area contributed by atoms with E-state index in [4.69, 9.17) is 10.5 Å². The molecule has 1 aromatic rings. The lowest BCUT2D eigenvalue weighted by molar-refractivity contribution is -0.132. The average molecular weight is 220 g/mol. The second kappa shape index (κ2) is 5.09. The Morgan fingerprint density at radius 1 is 1.38 bits per heavy atom. The lowest BCUT2D eigenvalue weighted by atomic mass is 10.2. The molecule has 1 atom stereocenters. The van der Waals surface area contributed by atoms with Gasteiger partial charge in [0.05, 0.1) is 13.2 Å². The molecule has 86 valence electrons. The first-order valence-corrected chi connectivity index (χ1v) is 5.43. The van der Waals surface area contributed by atoms with Crippen LogP contribution in [0.15, 0.2) is 30.3 Å². The van der Waals surface area contributed by atoms with E-state index in [1.807, 2.05) is 30.3 Å². The van der Waals surface area contributed by atoms with Crippen LogP contribution in [-0.2, 0) is 16.1 Å². The monoisotopic (exact) mass is 220 g/mol. The fourth-order valence-corrected chi connectivity index (χ4v) is 1.76. The Morgan fingerprint density at radius 3 is 2.88 bits per heavy atom. The number of amides is 1. The number of carbonyl (C=O) groups excluding carboxylic acids is 1. The normalized spacial score (nSPS) is 21.9. The highest BCUT2D eigenvalue weighted by atomic mass is 16.5. The molecule has 0 saturated carbocycles. The highest BCUT2D eigenvalue weighted by Gasteiger charge is 2.24. The Labute approximate surface area is 95.0 Å². The fourth-order valence-electron chi connectivity index (χ4n) is 1.76. The quantitative estimate of drug-likeness (QED) is 0.783. The van der Waals surface area contributed by atoms with Crippen LogP contribution in [0.1, 0.15) is 5.56 Å². The van der Waals surface area contributed by atoms with E-state index in [1.165, 1.54) is 0 Å². The second-order valence-corrected chi connectivity index (χ2v) is 3.93. The van der Waals surface area contributed by atoms with E-state index in [-0.39, 0.29) is 5.91 Å². The third kappa shape index (κ3) is 2.59. The van der Waals surface area contributed by atoms with Gasteiger partial charge in [-0.05, 0) is 5.56 Å². The highest BCUT2D eigenvalue weighted by molar-refractivity contribution is 5.82. The summed E-state index contributed by atoms with van der Waals surface area (Å²) in [7, 11) is 0. The maximum atomic E-state index is 11.9. The van der Waals surface area contributed by atoms with E-state index in [0.717, 1.165) is 5.56 Å². The Morgan fingerprint density at radius 2 is 2.12 bits per heavy atom. The van der Waals surface area contributed by atoms with Crippen molar-refractivity contribution in [2.45, 2.75) is 12.6 Å². The van der Waals surface area contributed by atoms with Crippen LogP contribution in [0, 0.1) is 0 Å². The predicted molar refractivity (Wildman–Crippen MR) is 60.7 cm³/mol. The molecule has 1 aromatic carbocycles. The molecule has 1 saturated heterocycles. The van der Waals surface area contributed by atoms with Crippen LogP contribution in [0.4, 0.5) is 0 Å². The van der Waals surface area contributed by atoms with Crippen molar-refractivity contribution in [1.29, 1.82) is 0 Å². The molecule has 2 N–H and O–H groups in total. The van der Waals surface area contributed by atoms with Crippen LogP contribution in [0.5, 0.6) is 0 Å². The van der Waals surface area contributed by atoms with Gasteiger partial charge in [-0.1, -0.05) is 30.3 Å². The third-order valence-corrected chi connectivity index (χ3v) is 2.65. The lowest BCUT2D eigenvalue weighted by Crippen LogP contribution is -2.43. The van der Waals surface area contributed by atoms with E-state index < -0.39 is 6.04 Å². The predicted octanol–water partition coefficient (Wildman–Crippen LogP) is 0.373. The Balaban J connectivity index is 2.05. The largest absolute Gasteiger partial charge is 0.377 e. The van der Waals surface area contributed by atoms with Gasteiger partial charge in [0, 0.05) is 13.1 Å². The number of nitrogens with two attached hydrogens (primary N) is 1. The number of hydrogen-bond donors (Lipinski definition) is 1. The van der Waals surface area contributed by atoms with E-state index in [1.54, 1.807) is 4.90 Å². The molecule has 1 aliphatic rings. The molecule has 1 aliphatic heterocycles. The summed E-state index contributed by atoms with van der Waals surface area (Å²) in [6.07, 6.45) is 0. The zero-order chi connectivity index (χ0) is 11.4. The van der Waals surface area contributed by atoms with E-state index >= 15 is 0 Å². The standard InChI is InChI=1S/C12H16N2O2/c13-11-9-16-7-6-14(12(11)15)8-10-4-2-1-3-5-10/h1-5,11H,6-9,13H2.